The Balaban J connectivity index is 2.03. The summed E-state index contributed by atoms with van der Waals surface area (Å²) in [4.78, 5) is 0. The summed E-state index contributed by atoms with van der Waals surface area (Å²) in [6, 6.07) is 13.3. The van der Waals surface area contributed by atoms with E-state index in [4.69, 9.17) is 0 Å². The molecule has 18 heavy (non-hydrogen) atoms. The second-order valence-corrected chi connectivity index (χ2v) is 5.45. The predicted molar refractivity (Wildman–Crippen MR) is 74.1 cm³/mol. The van der Waals surface area contributed by atoms with E-state index in [1.54, 1.807) is 0 Å². The third-order valence-electron chi connectivity index (χ3n) is 3.36. The van der Waals surface area contributed by atoms with Gasteiger partial charge in [0, 0.05) is 11.0 Å². The lowest BCUT2D eigenvalue weighted by molar-refractivity contribution is 0.565. The van der Waals surface area contributed by atoms with E-state index < -0.39 is 0 Å². The van der Waals surface area contributed by atoms with Gasteiger partial charge in [-0.2, -0.15) is 0 Å². The van der Waals surface area contributed by atoms with Crippen molar-refractivity contribution in [3.63, 3.8) is 0 Å². The van der Waals surface area contributed by atoms with E-state index in [1.807, 2.05) is 12.1 Å². The summed E-state index contributed by atoms with van der Waals surface area (Å²) in [5, 5.41) is 3.49. The van der Waals surface area contributed by atoms with E-state index in [9.17, 15) is 4.39 Å². The third kappa shape index (κ3) is 2.20. The second-order valence-electron chi connectivity index (χ2n) is 4.53. The molecule has 0 aromatic heterocycles. The third-order valence-corrected chi connectivity index (χ3v) is 3.86. The molecule has 3 heteroatoms. The summed E-state index contributed by atoms with van der Waals surface area (Å²) >= 11 is 3.51. The minimum Gasteiger partial charge on any atom is -0.306 e. The highest BCUT2D eigenvalue weighted by atomic mass is 79.9. The number of rotatable bonds is 1. The molecular formula is C15H13BrFN. The number of nitrogens with one attached hydrogen (secondary N) is 1. The van der Waals surface area contributed by atoms with Crippen LogP contribution >= 0.6 is 15.9 Å². The van der Waals surface area contributed by atoms with Crippen LogP contribution in [0.2, 0.25) is 0 Å². The first-order valence-electron chi connectivity index (χ1n) is 6.01. The number of halogens is 2. The molecule has 92 valence electrons. The van der Waals surface area contributed by atoms with Crippen LogP contribution in [0.5, 0.6) is 0 Å². The fourth-order valence-electron chi connectivity index (χ4n) is 2.49. The van der Waals surface area contributed by atoms with Crippen molar-refractivity contribution in [2.45, 2.75) is 12.5 Å². The molecule has 1 unspecified atom stereocenters. The maximum absolute atomic E-state index is 13.0. The van der Waals surface area contributed by atoms with E-state index in [0.717, 1.165) is 23.0 Å². The molecule has 0 fully saturated rings. The molecule has 0 aliphatic carbocycles. The van der Waals surface area contributed by atoms with Gasteiger partial charge in [-0.05, 0) is 47.4 Å². The topological polar surface area (TPSA) is 12.0 Å². The van der Waals surface area contributed by atoms with Gasteiger partial charge in [-0.1, -0.05) is 34.1 Å². The van der Waals surface area contributed by atoms with Crippen LogP contribution in [0.15, 0.2) is 46.9 Å². The highest BCUT2D eigenvalue weighted by Crippen LogP contribution is 2.30. The minimum absolute atomic E-state index is 0.169. The molecule has 0 spiro atoms. The van der Waals surface area contributed by atoms with Crippen molar-refractivity contribution in [1.82, 2.24) is 5.32 Å². The van der Waals surface area contributed by atoms with Gasteiger partial charge in [0.15, 0.2) is 0 Å². The highest BCUT2D eigenvalue weighted by Gasteiger charge is 2.21. The average Bonchev–Trinajstić information content (AvgIpc) is 2.38. The van der Waals surface area contributed by atoms with Gasteiger partial charge in [0.2, 0.25) is 0 Å². The lowest BCUT2D eigenvalue weighted by Gasteiger charge is -2.27. The Hall–Kier alpha value is -1.19. The maximum atomic E-state index is 13.0. The van der Waals surface area contributed by atoms with Gasteiger partial charge in [-0.3, -0.25) is 0 Å². The standard InChI is InChI=1S/C15H13BrFN/c16-12-3-6-14-11(9-12)7-8-18-15(14)10-1-4-13(17)5-2-10/h1-6,9,15,18H,7-8H2. The molecule has 0 saturated heterocycles. The Labute approximate surface area is 114 Å². The Morgan fingerprint density at radius 3 is 2.67 bits per heavy atom. The summed E-state index contributed by atoms with van der Waals surface area (Å²) < 4.78 is 14.1. The lowest BCUT2D eigenvalue weighted by atomic mass is 9.90. The first-order valence-corrected chi connectivity index (χ1v) is 6.80. The number of hydrogen-bond acceptors (Lipinski definition) is 1. The molecule has 1 aliphatic heterocycles. The van der Waals surface area contributed by atoms with Crippen molar-refractivity contribution < 1.29 is 4.39 Å². The second kappa shape index (κ2) is 4.82. The van der Waals surface area contributed by atoms with Crippen molar-refractivity contribution in [3.05, 3.63) is 69.4 Å². The van der Waals surface area contributed by atoms with Crippen LogP contribution in [0, 0.1) is 5.82 Å². The van der Waals surface area contributed by atoms with Crippen LogP contribution in [0.3, 0.4) is 0 Å². The van der Waals surface area contributed by atoms with E-state index in [2.05, 4.69) is 39.4 Å². The van der Waals surface area contributed by atoms with E-state index in [0.29, 0.717) is 0 Å². The summed E-state index contributed by atoms with van der Waals surface area (Å²) in [7, 11) is 0. The smallest absolute Gasteiger partial charge is 0.123 e. The zero-order valence-electron chi connectivity index (χ0n) is 9.79. The number of hydrogen-bond donors (Lipinski definition) is 1. The monoisotopic (exact) mass is 305 g/mol. The molecule has 1 nitrogen and oxygen atoms in total. The van der Waals surface area contributed by atoms with E-state index in [1.165, 1.54) is 23.3 Å². The van der Waals surface area contributed by atoms with Crippen LogP contribution < -0.4 is 5.32 Å². The highest BCUT2D eigenvalue weighted by molar-refractivity contribution is 9.10. The first kappa shape index (κ1) is 11.9. The molecule has 1 atom stereocenters. The molecule has 3 rings (SSSR count). The normalized spacial score (nSPS) is 18.4. The summed E-state index contributed by atoms with van der Waals surface area (Å²) in [6.07, 6.45) is 1.03. The zero-order chi connectivity index (χ0) is 12.5. The molecule has 2 aromatic carbocycles. The Bertz CT molecular complexity index is 565. The van der Waals surface area contributed by atoms with Gasteiger partial charge < -0.3 is 5.32 Å². The molecule has 2 aromatic rings. The Kier molecular flexibility index (Phi) is 3.18. The zero-order valence-corrected chi connectivity index (χ0v) is 11.4. The number of fused-ring (bicyclic) bond motifs is 1. The van der Waals surface area contributed by atoms with E-state index >= 15 is 0 Å². The van der Waals surface area contributed by atoms with E-state index in [-0.39, 0.29) is 11.9 Å². The fraction of sp³-hybridized carbons (Fsp3) is 0.200. The van der Waals surface area contributed by atoms with Crippen LogP contribution in [-0.4, -0.2) is 6.54 Å². The van der Waals surface area contributed by atoms with Crippen LogP contribution in [0.1, 0.15) is 22.7 Å². The summed E-state index contributed by atoms with van der Waals surface area (Å²) in [6.45, 7) is 0.950. The van der Waals surface area contributed by atoms with Gasteiger partial charge >= 0.3 is 0 Å². The summed E-state index contributed by atoms with van der Waals surface area (Å²) in [5.41, 5.74) is 3.76. The minimum atomic E-state index is -0.189. The average molecular weight is 306 g/mol. The van der Waals surface area contributed by atoms with Crippen LogP contribution in [0.4, 0.5) is 4.39 Å². The fourth-order valence-corrected chi connectivity index (χ4v) is 2.89. The molecule has 0 bridgehead atoms. The van der Waals surface area contributed by atoms with Crippen molar-refractivity contribution in [1.29, 1.82) is 0 Å². The number of benzene rings is 2. The predicted octanol–water partition coefficient (Wildman–Crippen LogP) is 3.82. The largest absolute Gasteiger partial charge is 0.306 e. The Morgan fingerprint density at radius 2 is 1.89 bits per heavy atom. The maximum Gasteiger partial charge on any atom is 0.123 e. The van der Waals surface area contributed by atoms with Crippen LogP contribution in [0.25, 0.3) is 0 Å². The molecule has 0 radical (unpaired) electrons. The lowest BCUT2D eigenvalue weighted by Crippen LogP contribution is -2.30. The molecule has 1 aliphatic rings. The SMILES string of the molecule is Fc1ccc(C2NCCc3cc(Br)ccc32)cc1. The Morgan fingerprint density at radius 1 is 1.11 bits per heavy atom. The van der Waals surface area contributed by atoms with Gasteiger partial charge in [0.1, 0.15) is 5.82 Å². The summed E-state index contributed by atoms with van der Waals surface area (Å²) in [5.74, 6) is -0.189. The van der Waals surface area contributed by atoms with Gasteiger partial charge in [0.25, 0.3) is 0 Å². The molecule has 0 saturated carbocycles. The first-order chi connectivity index (χ1) is 8.74. The van der Waals surface area contributed by atoms with Crippen molar-refractivity contribution >= 4 is 15.9 Å². The molecule has 0 amide bonds. The van der Waals surface area contributed by atoms with Crippen LogP contribution in [-0.2, 0) is 6.42 Å². The van der Waals surface area contributed by atoms with Crippen molar-refractivity contribution in [3.8, 4) is 0 Å². The molecule has 1 heterocycles. The van der Waals surface area contributed by atoms with Crippen molar-refractivity contribution in [2.24, 2.45) is 0 Å². The molecule has 1 N–H and O–H groups in total. The molecular weight excluding hydrogens is 293 g/mol. The quantitative estimate of drug-likeness (QED) is 0.844. The van der Waals surface area contributed by atoms with Gasteiger partial charge in [-0.15, -0.1) is 0 Å². The van der Waals surface area contributed by atoms with Crippen molar-refractivity contribution in [2.75, 3.05) is 6.54 Å². The van der Waals surface area contributed by atoms with Gasteiger partial charge in [0.05, 0.1) is 6.04 Å². The van der Waals surface area contributed by atoms with Gasteiger partial charge in [-0.25, -0.2) is 4.39 Å².